The summed E-state index contributed by atoms with van der Waals surface area (Å²) in [5.41, 5.74) is 2.10. The van der Waals surface area contributed by atoms with Crippen molar-refractivity contribution in [2.45, 2.75) is 6.92 Å². The zero-order valence-corrected chi connectivity index (χ0v) is 16.6. The smallest absolute Gasteiger partial charge is 0.278 e. The normalized spacial score (nSPS) is 10.9. The third kappa shape index (κ3) is 4.91. The Morgan fingerprint density at radius 2 is 2.00 bits per heavy atom. The zero-order chi connectivity index (χ0) is 21.5. The third-order valence-electron chi connectivity index (χ3n) is 4.29. The molecule has 1 amide bonds. The van der Waals surface area contributed by atoms with Crippen LogP contribution < -0.4 is 14.8 Å². The Morgan fingerprint density at radius 1 is 1.17 bits per heavy atom. The number of ether oxygens (including phenoxy) is 2. The van der Waals surface area contributed by atoms with Gasteiger partial charge in [0.2, 0.25) is 0 Å². The van der Waals surface area contributed by atoms with Gasteiger partial charge >= 0.3 is 0 Å². The molecule has 154 valence electrons. The van der Waals surface area contributed by atoms with Crippen molar-refractivity contribution < 1.29 is 19.2 Å². The summed E-state index contributed by atoms with van der Waals surface area (Å²) in [4.78, 5) is 26.7. The number of likely N-dealkylation sites (N-methyl/N-ethyl adjacent to an activating group) is 1. The minimum absolute atomic E-state index is 0.0310. The maximum absolute atomic E-state index is 11.6. The molecule has 0 saturated carbocycles. The highest BCUT2D eigenvalue weighted by Gasteiger charge is 2.11. The topological polar surface area (TPSA) is 104 Å². The number of nitro benzene ring substituents is 1. The van der Waals surface area contributed by atoms with Crippen molar-refractivity contribution >= 4 is 34.6 Å². The molecular weight excluding hydrogens is 386 g/mol. The van der Waals surface area contributed by atoms with E-state index < -0.39 is 4.92 Å². The van der Waals surface area contributed by atoms with Gasteiger partial charge in [0.15, 0.2) is 18.1 Å². The van der Waals surface area contributed by atoms with Crippen LogP contribution in [-0.4, -0.2) is 36.1 Å². The molecule has 0 bridgehead atoms. The fraction of sp³-hybridized carbons (Fsp3) is 0.182. The van der Waals surface area contributed by atoms with Crippen molar-refractivity contribution in [2.24, 2.45) is 0 Å². The number of nitro groups is 1. The van der Waals surface area contributed by atoms with Crippen LogP contribution >= 0.6 is 0 Å². The summed E-state index contributed by atoms with van der Waals surface area (Å²) in [7, 11) is 1.53. The number of fused-ring (bicyclic) bond motifs is 1. The number of methoxy groups -OCH3 is 1. The molecule has 0 spiro atoms. The van der Waals surface area contributed by atoms with E-state index in [2.05, 4.69) is 10.3 Å². The number of pyridine rings is 1. The van der Waals surface area contributed by atoms with Gasteiger partial charge < -0.3 is 14.8 Å². The minimum atomic E-state index is -0.415. The van der Waals surface area contributed by atoms with Crippen molar-refractivity contribution in [1.29, 1.82) is 0 Å². The molecule has 0 radical (unpaired) electrons. The van der Waals surface area contributed by atoms with Crippen molar-refractivity contribution in [3.05, 3.63) is 69.9 Å². The van der Waals surface area contributed by atoms with E-state index in [4.69, 9.17) is 9.47 Å². The van der Waals surface area contributed by atoms with E-state index in [9.17, 15) is 14.9 Å². The van der Waals surface area contributed by atoms with Crippen LogP contribution in [0.15, 0.2) is 48.5 Å². The molecule has 0 atom stereocenters. The van der Waals surface area contributed by atoms with Crippen LogP contribution in [0, 0.1) is 10.1 Å². The number of non-ortho nitro benzene ring substituents is 1. The van der Waals surface area contributed by atoms with Gasteiger partial charge in [-0.05, 0) is 48.9 Å². The Morgan fingerprint density at radius 3 is 2.73 bits per heavy atom. The average molecular weight is 407 g/mol. The van der Waals surface area contributed by atoms with Crippen LogP contribution in [0.25, 0.3) is 23.1 Å². The summed E-state index contributed by atoms with van der Waals surface area (Å²) in [6.07, 6.45) is 3.66. The van der Waals surface area contributed by atoms with Crippen LogP contribution in [0.4, 0.5) is 5.69 Å². The average Bonchev–Trinajstić information content (AvgIpc) is 2.75. The summed E-state index contributed by atoms with van der Waals surface area (Å²) in [5.74, 6) is 0.770. The molecule has 3 aromatic rings. The van der Waals surface area contributed by atoms with Crippen molar-refractivity contribution in [2.75, 3.05) is 20.3 Å². The quantitative estimate of drug-likeness (QED) is 0.449. The van der Waals surface area contributed by atoms with E-state index in [1.807, 2.05) is 25.1 Å². The fourth-order valence-electron chi connectivity index (χ4n) is 2.89. The number of amides is 1. The molecule has 0 aliphatic rings. The largest absolute Gasteiger partial charge is 0.493 e. The summed E-state index contributed by atoms with van der Waals surface area (Å²) < 4.78 is 10.9. The molecule has 8 heteroatoms. The molecule has 3 rings (SSSR count). The van der Waals surface area contributed by atoms with Gasteiger partial charge in [0.05, 0.1) is 28.6 Å². The van der Waals surface area contributed by atoms with E-state index in [1.54, 1.807) is 36.4 Å². The number of aromatic nitrogens is 1. The first kappa shape index (κ1) is 20.8. The highest BCUT2D eigenvalue weighted by molar-refractivity contribution is 5.89. The number of benzene rings is 2. The number of hydrogen-bond acceptors (Lipinski definition) is 6. The van der Waals surface area contributed by atoms with Crippen LogP contribution in [0.1, 0.15) is 18.2 Å². The SMILES string of the molecule is CCNC(=O)COc1ccc(C=Cc2ccc3c([N+](=O)[O-])cccc3n2)cc1OC. The molecule has 0 fully saturated rings. The van der Waals surface area contributed by atoms with Gasteiger partial charge in [0.25, 0.3) is 11.6 Å². The van der Waals surface area contributed by atoms with E-state index >= 15 is 0 Å². The van der Waals surface area contributed by atoms with Gasteiger partial charge in [0, 0.05) is 12.6 Å². The molecule has 1 aromatic heterocycles. The lowest BCUT2D eigenvalue weighted by atomic mass is 10.1. The highest BCUT2D eigenvalue weighted by atomic mass is 16.6. The minimum Gasteiger partial charge on any atom is -0.493 e. The van der Waals surface area contributed by atoms with Crippen molar-refractivity contribution in [3.8, 4) is 11.5 Å². The van der Waals surface area contributed by atoms with E-state index in [-0.39, 0.29) is 18.2 Å². The van der Waals surface area contributed by atoms with E-state index in [0.29, 0.717) is 34.6 Å². The third-order valence-corrected chi connectivity index (χ3v) is 4.29. The molecule has 2 aromatic carbocycles. The standard InChI is InChI=1S/C22H21N3O5/c1-3-23-22(26)14-30-20-12-8-15(13-21(20)29-2)7-9-16-10-11-17-18(24-16)5-4-6-19(17)25(27)28/h4-13H,3,14H2,1-2H3,(H,23,26). The van der Waals surface area contributed by atoms with E-state index in [1.165, 1.54) is 13.2 Å². The summed E-state index contributed by atoms with van der Waals surface area (Å²) >= 11 is 0. The first-order valence-corrected chi connectivity index (χ1v) is 9.31. The maximum atomic E-state index is 11.6. The maximum Gasteiger partial charge on any atom is 0.278 e. The Labute approximate surface area is 173 Å². The number of rotatable bonds is 8. The van der Waals surface area contributed by atoms with Gasteiger partial charge in [-0.25, -0.2) is 4.98 Å². The van der Waals surface area contributed by atoms with Gasteiger partial charge in [-0.2, -0.15) is 0 Å². The Bertz CT molecular complexity index is 1110. The molecular formula is C22H21N3O5. The Kier molecular flexibility index (Phi) is 6.59. The highest BCUT2D eigenvalue weighted by Crippen LogP contribution is 2.29. The van der Waals surface area contributed by atoms with Gasteiger partial charge in [-0.1, -0.05) is 18.2 Å². The van der Waals surface area contributed by atoms with Crippen molar-refractivity contribution in [3.63, 3.8) is 0 Å². The first-order valence-electron chi connectivity index (χ1n) is 9.31. The number of hydrogen-bond donors (Lipinski definition) is 1. The number of nitrogens with one attached hydrogen (secondary N) is 1. The second-order valence-corrected chi connectivity index (χ2v) is 6.32. The second kappa shape index (κ2) is 9.51. The lowest BCUT2D eigenvalue weighted by Gasteiger charge is -2.11. The fourth-order valence-corrected chi connectivity index (χ4v) is 2.89. The molecule has 0 aliphatic heterocycles. The lowest BCUT2D eigenvalue weighted by Crippen LogP contribution is -2.28. The first-order chi connectivity index (χ1) is 14.5. The lowest BCUT2D eigenvalue weighted by molar-refractivity contribution is -0.383. The second-order valence-electron chi connectivity index (χ2n) is 6.32. The molecule has 0 saturated heterocycles. The summed E-state index contributed by atoms with van der Waals surface area (Å²) in [5, 5.41) is 14.3. The Balaban J connectivity index is 1.78. The van der Waals surface area contributed by atoms with Crippen LogP contribution in [0.3, 0.4) is 0 Å². The van der Waals surface area contributed by atoms with Crippen LogP contribution in [0.5, 0.6) is 11.5 Å². The molecule has 8 nitrogen and oxygen atoms in total. The number of carbonyl (C=O) groups is 1. The van der Waals surface area contributed by atoms with Gasteiger partial charge in [-0.15, -0.1) is 0 Å². The summed E-state index contributed by atoms with van der Waals surface area (Å²) in [6.45, 7) is 2.29. The molecule has 0 aliphatic carbocycles. The monoisotopic (exact) mass is 407 g/mol. The van der Waals surface area contributed by atoms with Gasteiger partial charge in [-0.3, -0.25) is 14.9 Å². The zero-order valence-electron chi connectivity index (χ0n) is 16.6. The van der Waals surface area contributed by atoms with E-state index in [0.717, 1.165) is 5.56 Å². The predicted octanol–water partition coefficient (Wildman–Crippen LogP) is 3.84. The predicted molar refractivity (Wildman–Crippen MR) is 114 cm³/mol. The molecule has 30 heavy (non-hydrogen) atoms. The molecule has 1 N–H and O–H groups in total. The Hall–Kier alpha value is -3.94. The molecule has 0 unspecified atom stereocenters. The molecule has 1 heterocycles. The van der Waals surface area contributed by atoms with Crippen molar-refractivity contribution in [1.82, 2.24) is 10.3 Å². The number of carbonyl (C=O) groups excluding carboxylic acids is 1. The van der Waals surface area contributed by atoms with Gasteiger partial charge in [0.1, 0.15) is 0 Å². The summed E-state index contributed by atoms with van der Waals surface area (Å²) in [6, 6.07) is 13.6. The van der Waals surface area contributed by atoms with Crippen LogP contribution in [0.2, 0.25) is 0 Å². The number of nitrogens with zero attached hydrogens (tertiary/aromatic N) is 2. The van der Waals surface area contributed by atoms with Crippen LogP contribution in [-0.2, 0) is 4.79 Å².